The van der Waals surface area contributed by atoms with Gasteiger partial charge in [0.2, 0.25) is 0 Å². The van der Waals surface area contributed by atoms with Gasteiger partial charge in [-0.25, -0.2) is 0 Å². The number of carbonyl (C=O) groups is 1. The highest BCUT2D eigenvalue weighted by Crippen LogP contribution is 2.18. The van der Waals surface area contributed by atoms with E-state index >= 15 is 0 Å². The molecule has 2 aromatic rings. The van der Waals surface area contributed by atoms with Crippen LogP contribution in [-0.4, -0.2) is 26.6 Å². The summed E-state index contributed by atoms with van der Waals surface area (Å²) in [5.41, 5.74) is 6.62. The van der Waals surface area contributed by atoms with Crippen molar-refractivity contribution < 1.29 is 9.21 Å². The van der Waals surface area contributed by atoms with Crippen molar-refractivity contribution in [1.29, 1.82) is 0 Å². The largest absolute Gasteiger partial charge is 0.464 e. The molecule has 0 radical (unpaired) electrons. The minimum Gasteiger partial charge on any atom is -0.464 e. The fraction of sp³-hybridized carbons (Fsp3) is 0.429. The van der Waals surface area contributed by atoms with Gasteiger partial charge in [-0.1, -0.05) is 0 Å². The second-order valence-electron chi connectivity index (χ2n) is 5.11. The molecule has 1 amide bonds. The third-order valence-corrected chi connectivity index (χ3v) is 3.18. The Balaban J connectivity index is 2.27. The number of nitrogen functional groups attached to an aromatic ring is 1. The number of rotatable bonds is 4. The van der Waals surface area contributed by atoms with Crippen LogP contribution in [0.15, 0.2) is 22.7 Å². The Morgan fingerprint density at radius 3 is 2.65 bits per heavy atom. The lowest BCUT2D eigenvalue weighted by Gasteiger charge is -2.26. The lowest BCUT2D eigenvalue weighted by atomic mass is 10.2. The van der Waals surface area contributed by atoms with E-state index in [0.29, 0.717) is 17.9 Å². The molecular weight excluding hydrogens is 256 g/mol. The van der Waals surface area contributed by atoms with Gasteiger partial charge >= 0.3 is 0 Å². The van der Waals surface area contributed by atoms with Gasteiger partial charge < -0.3 is 15.1 Å². The van der Waals surface area contributed by atoms with Crippen LogP contribution in [0.5, 0.6) is 0 Å². The zero-order valence-electron chi connectivity index (χ0n) is 12.3. The predicted octanol–water partition coefficient (Wildman–Crippen LogP) is 1.95. The zero-order chi connectivity index (χ0) is 14.9. The smallest absolute Gasteiger partial charge is 0.274 e. The van der Waals surface area contributed by atoms with Crippen LogP contribution in [-0.2, 0) is 13.6 Å². The van der Waals surface area contributed by atoms with Gasteiger partial charge in [0.15, 0.2) is 0 Å². The average Bonchev–Trinajstić information content (AvgIpc) is 2.92. The topological polar surface area (TPSA) is 77.3 Å². The van der Waals surface area contributed by atoms with Crippen molar-refractivity contribution in [2.75, 3.05) is 5.73 Å². The minimum atomic E-state index is -0.147. The summed E-state index contributed by atoms with van der Waals surface area (Å²) >= 11 is 0. The molecule has 0 aliphatic heterocycles. The Labute approximate surface area is 118 Å². The molecule has 0 aliphatic rings. The highest BCUT2D eigenvalue weighted by Gasteiger charge is 2.24. The molecule has 20 heavy (non-hydrogen) atoms. The molecule has 2 heterocycles. The SMILES string of the molecule is Cc1ccc(CN(C(=O)c2c(N)cnn2C)C(C)C)o1. The summed E-state index contributed by atoms with van der Waals surface area (Å²) < 4.78 is 7.05. The number of amides is 1. The van der Waals surface area contributed by atoms with Gasteiger partial charge in [-0.15, -0.1) is 0 Å². The predicted molar refractivity (Wildman–Crippen MR) is 76.1 cm³/mol. The molecule has 6 nitrogen and oxygen atoms in total. The fourth-order valence-electron chi connectivity index (χ4n) is 2.08. The number of nitrogens with two attached hydrogens (primary N) is 1. The number of hydrogen-bond acceptors (Lipinski definition) is 4. The van der Waals surface area contributed by atoms with Crippen molar-refractivity contribution in [2.45, 2.75) is 33.4 Å². The van der Waals surface area contributed by atoms with E-state index in [9.17, 15) is 4.79 Å². The first kappa shape index (κ1) is 14.2. The number of nitrogens with zero attached hydrogens (tertiary/aromatic N) is 3. The third-order valence-electron chi connectivity index (χ3n) is 3.18. The Morgan fingerprint density at radius 1 is 1.50 bits per heavy atom. The van der Waals surface area contributed by atoms with Gasteiger partial charge in [0.05, 0.1) is 18.4 Å². The monoisotopic (exact) mass is 276 g/mol. The van der Waals surface area contributed by atoms with Crippen LogP contribution in [0.4, 0.5) is 5.69 Å². The van der Waals surface area contributed by atoms with Crippen molar-refractivity contribution in [3.05, 3.63) is 35.5 Å². The molecule has 0 atom stereocenters. The van der Waals surface area contributed by atoms with Crippen LogP contribution in [0, 0.1) is 6.92 Å². The maximum Gasteiger partial charge on any atom is 0.274 e. The molecule has 2 N–H and O–H groups in total. The summed E-state index contributed by atoms with van der Waals surface area (Å²) in [5.74, 6) is 1.44. The number of anilines is 1. The Morgan fingerprint density at radius 2 is 2.20 bits per heavy atom. The van der Waals surface area contributed by atoms with Gasteiger partial charge in [0.25, 0.3) is 5.91 Å². The van der Waals surface area contributed by atoms with E-state index in [1.54, 1.807) is 11.9 Å². The highest BCUT2D eigenvalue weighted by atomic mass is 16.3. The molecule has 0 aromatic carbocycles. The van der Waals surface area contributed by atoms with E-state index in [1.807, 2.05) is 32.9 Å². The first-order valence-electron chi connectivity index (χ1n) is 6.54. The van der Waals surface area contributed by atoms with E-state index in [-0.39, 0.29) is 11.9 Å². The average molecular weight is 276 g/mol. The quantitative estimate of drug-likeness (QED) is 0.926. The van der Waals surface area contributed by atoms with E-state index in [1.165, 1.54) is 10.9 Å². The minimum absolute atomic E-state index is 0.0298. The van der Waals surface area contributed by atoms with Gasteiger partial charge in [-0.3, -0.25) is 9.48 Å². The molecule has 0 spiro atoms. The molecule has 2 aromatic heterocycles. The van der Waals surface area contributed by atoms with Crippen molar-refractivity contribution in [2.24, 2.45) is 7.05 Å². The molecule has 0 aliphatic carbocycles. The Kier molecular flexibility index (Phi) is 3.83. The van der Waals surface area contributed by atoms with Gasteiger partial charge in [-0.05, 0) is 32.9 Å². The molecule has 0 unspecified atom stereocenters. The molecule has 0 bridgehead atoms. The van der Waals surface area contributed by atoms with Gasteiger partial charge in [0, 0.05) is 13.1 Å². The molecule has 0 saturated heterocycles. The summed E-state index contributed by atoms with van der Waals surface area (Å²) in [6, 6.07) is 3.80. The van der Waals surface area contributed by atoms with E-state index in [0.717, 1.165) is 11.5 Å². The van der Waals surface area contributed by atoms with Crippen molar-refractivity contribution in [1.82, 2.24) is 14.7 Å². The van der Waals surface area contributed by atoms with Crippen molar-refractivity contribution in [3.8, 4) is 0 Å². The Hall–Kier alpha value is -2.24. The number of aromatic nitrogens is 2. The number of hydrogen-bond donors (Lipinski definition) is 1. The molecule has 6 heteroatoms. The van der Waals surface area contributed by atoms with Crippen molar-refractivity contribution >= 4 is 11.6 Å². The molecule has 108 valence electrons. The normalized spacial score (nSPS) is 11.1. The highest BCUT2D eigenvalue weighted by molar-refractivity contribution is 5.97. The van der Waals surface area contributed by atoms with Crippen LogP contribution in [0.25, 0.3) is 0 Å². The molecular formula is C14H20N4O2. The number of aryl methyl sites for hydroxylation is 2. The molecule has 2 rings (SSSR count). The summed E-state index contributed by atoms with van der Waals surface area (Å²) in [7, 11) is 1.71. The first-order valence-corrected chi connectivity index (χ1v) is 6.54. The van der Waals surface area contributed by atoms with E-state index in [2.05, 4.69) is 5.10 Å². The second-order valence-corrected chi connectivity index (χ2v) is 5.11. The summed E-state index contributed by atoms with van der Waals surface area (Å²) in [6.45, 7) is 6.21. The fourth-order valence-corrected chi connectivity index (χ4v) is 2.08. The van der Waals surface area contributed by atoms with Crippen LogP contribution >= 0.6 is 0 Å². The lowest BCUT2D eigenvalue weighted by Crippen LogP contribution is -2.37. The number of furan rings is 1. The summed E-state index contributed by atoms with van der Waals surface area (Å²) in [5, 5.41) is 4.01. The van der Waals surface area contributed by atoms with Gasteiger partial charge in [0.1, 0.15) is 17.2 Å². The lowest BCUT2D eigenvalue weighted by molar-refractivity contribution is 0.0665. The summed E-state index contributed by atoms with van der Waals surface area (Å²) in [6.07, 6.45) is 1.49. The molecule has 0 saturated carbocycles. The summed E-state index contributed by atoms with van der Waals surface area (Å²) in [4.78, 5) is 14.4. The maximum atomic E-state index is 12.6. The zero-order valence-corrected chi connectivity index (χ0v) is 12.3. The second kappa shape index (κ2) is 5.40. The van der Waals surface area contributed by atoms with Crippen LogP contribution in [0.1, 0.15) is 35.9 Å². The standard InChI is InChI=1S/C14H20N4O2/c1-9(2)18(8-11-6-5-10(3)20-11)14(19)13-12(15)7-16-17(13)4/h5-7,9H,8,15H2,1-4H3. The van der Waals surface area contributed by atoms with Crippen LogP contribution in [0.2, 0.25) is 0 Å². The van der Waals surface area contributed by atoms with Crippen LogP contribution < -0.4 is 5.73 Å². The third kappa shape index (κ3) is 2.68. The number of carbonyl (C=O) groups excluding carboxylic acids is 1. The van der Waals surface area contributed by atoms with Crippen LogP contribution in [0.3, 0.4) is 0 Å². The molecule has 0 fully saturated rings. The first-order chi connectivity index (χ1) is 9.40. The Bertz CT molecular complexity index is 593. The maximum absolute atomic E-state index is 12.6. The van der Waals surface area contributed by atoms with Crippen molar-refractivity contribution in [3.63, 3.8) is 0 Å². The van der Waals surface area contributed by atoms with Gasteiger partial charge in [-0.2, -0.15) is 5.10 Å². The van der Waals surface area contributed by atoms with E-state index < -0.39 is 0 Å². The van der Waals surface area contributed by atoms with E-state index in [4.69, 9.17) is 10.2 Å².